The van der Waals surface area contributed by atoms with E-state index in [4.69, 9.17) is 11.6 Å². The third-order valence-corrected chi connectivity index (χ3v) is 3.12. The predicted molar refractivity (Wildman–Crippen MR) is 70.3 cm³/mol. The Morgan fingerprint density at radius 2 is 2.06 bits per heavy atom. The lowest BCUT2D eigenvalue weighted by Crippen LogP contribution is -2.10. The van der Waals surface area contributed by atoms with Crippen molar-refractivity contribution >= 4 is 39.5 Å². The van der Waals surface area contributed by atoms with Gasteiger partial charge in [0.25, 0.3) is 0 Å². The SMILES string of the molecule is NNc1cc(Sc2ccc(Br)cn2)nc(N)n1. The van der Waals surface area contributed by atoms with E-state index in [1.54, 1.807) is 12.3 Å². The molecule has 0 atom stereocenters. The maximum absolute atomic E-state index is 5.55. The summed E-state index contributed by atoms with van der Waals surface area (Å²) in [5, 5.41) is 1.49. The summed E-state index contributed by atoms with van der Waals surface area (Å²) < 4.78 is 0.924. The zero-order valence-corrected chi connectivity index (χ0v) is 11.0. The van der Waals surface area contributed by atoms with E-state index >= 15 is 0 Å². The number of nitrogen functional groups attached to an aromatic ring is 2. The molecule has 0 saturated carbocycles. The highest BCUT2D eigenvalue weighted by Crippen LogP contribution is 2.26. The summed E-state index contributed by atoms with van der Waals surface area (Å²) >= 11 is 4.70. The molecule has 0 spiro atoms. The maximum Gasteiger partial charge on any atom is 0.223 e. The number of rotatable bonds is 3. The third-order valence-electron chi connectivity index (χ3n) is 1.78. The average molecular weight is 313 g/mol. The first-order chi connectivity index (χ1) is 8.17. The summed E-state index contributed by atoms with van der Waals surface area (Å²) in [7, 11) is 0. The monoisotopic (exact) mass is 312 g/mol. The Labute approximate surface area is 110 Å². The number of pyridine rings is 1. The second-order valence-corrected chi connectivity index (χ2v) is 4.97. The molecule has 0 aliphatic heterocycles. The van der Waals surface area contributed by atoms with Crippen molar-refractivity contribution in [2.24, 2.45) is 5.84 Å². The van der Waals surface area contributed by atoms with Crippen molar-refractivity contribution in [2.75, 3.05) is 11.2 Å². The summed E-state index contributed by atoms with van der Waals surface area (Å²) in [4.78, 5) is 12.2. The summed E-state index contributed by atoms with van der Waals surface area (Å²) in [6, 6.07) is 5.48. The highest BCUT2D eigenvalue weighted by atomic mass is 79.9. The molecule has 8 heteroatoms. The van der Waals surface area contributed by atoms with Gasteiger partial charge in [-0.05, 0) is 39.8 Å². The molecule has 0 amide bonds. The number of anilines is 2. The van der Waals surface area contributed by atoms with E-state index in [0.29, 0.717) is 10.8 Å². The van der Waals surface area contributed by atoms with Crippen molar-refractivity contribution in [3.8, 4) is 0 Å². The lowest BCUT2D eigenvalue weighted by atomic mass is 10.5. The van der Waals surface area contributed by atoms with E-state index in [0.717, 1.165) is 9.50 Å². The molecule has 2 aromatic rings. The first-order valence-electron chi connectivity index (χ1n) is 4.58. The lowest BCUT2D eigenvalue weighted by molar-refractivity contribution is 1.04. The van der Waals surface area contributed by atoms with Crippen LogP contribution in [-0.2, 0) is 0 Å². The Morgan fingerprint density at radius 1 is 1.24 bits per heavy atom. The molecular formula is C9H9BrN6S. The Morgan fingerprint density at radius 3 is 2.71 bits per heavy atom. The second-order valence-electron chi connectivity index (χ2n) is 3.01. The van der Waals surface area contributed by atoms with Gasteiger partial charge in [0.1, 0.15) is 15.9 Å². The minimum Gasteiger partial charge on any atom is -0.368 e. The van der Waals surface area contributed by atoms with Gasteiger partial charge in [0.05, 0.1) is 0 Å². The van der Waals surface area contributed by atoms with Crippen molar-refractivity contribution in [2.45, 2.75) is 10.1 Å². The highest BCUT2D eigenvalue weighted by molar-refractivity contribution is 9.10. The van der Waals surface area contributed by atoms with Gasteiger partial charge in [-0.25, -0.2) is 15.8 Å². The van der Waals surface area contributed by atoms with Crippen LogP contribution >= 0.6 is 27.7 Å². The number of nitrogens with zero attached hydrogens (tertiary/aromatic N) is 3. The van der Waals surface area contributed by atoms with Crippen LogP contribution in [0.3, 0.4) is 0 Å². The normalized spacial score (nSPS) is 10.2. The van der Waals surface area contributed by atoms with Crippen molar-refractivity contribution in [1.29, 1.82) is 0 Å². The minimum atomic E-state index is 0.167. The molecule has 0 bridgehead atoms. The Bertz CT molecular complexity index is 517. The fourth-order valence-electron chi connectivity index (χ4n) is 1.10. The molecule has 0 aliphatic rings. The quantitative estimate of drug-likeness (QED) is 0.450. The summed E-state index contributed by atoms with van der Waals surface area (Å²) in [6.07, 6.45) is 1.72. The fourth-order valence-corrected chi connectivity index (χ4v) is 2.10. The number of nitrogens with one attached hydrogen (secondary N) is 1. The maximum atomic E-state index is 5.55. The van der Waals surface area contributed by atoms with Crippen molar-refractivity contribution < 1.29 is 0 Å². The van der Waals surface area contributed by atoms with Crippen molar-refractivity contribution in [3.63, 3.8) is 0 Å². The Balaban J connectivity index is 2.23. The van der Waals surface area contributed by atoms with Gasteiger partial charge >= 0.3 is 0 Å². The number of nitrogens with two attached hydrogens (primary N) is 2. The first kappa shape index (κ1) is 12.1. The van der Waals surface area contributed by atoms with Gasteiger partial charge in [0.15, 0.2) is 0 Å². The Kier molecular flexibility index (Phi) is 3.77. The smallest absolute Gasteiger partial charge is 0.223 e. The topological polar surface area (TPSA) is 103 Å². The standard InChI is InChI=1S/C9H9BrN6S/c10-5-1-2-7(13-4-5)17-8-3-6(16-12)14-9(11)15-8/h1-4H,12H2,(H3,11,14,15,16). The zero-order valence-electron chi connectivity index (χ0n) is 8.59. The third kappa shape index (κ3) is 3.29. The van der Waals surface area contributed by atoms with Crippen LogP contribution in [0.4, 0.5) is 11.8 Å². The zero-order chi connectivity index (χ0) is 12.3. The molecular weight excluding hydrogens is 304 g/mol. The van der Waals surface area contributed by atoms with E-state index in [1.807, 2.05) is 12.1 Å². The van der Waals surface area contributed by atoms with Gasteiger partial charge in [-0.15, -0.1) is 0 Å². The summed E-state index contributed by atoms with van der Waals surface area (Å²) in [6.45, 7) is 0. The Hall–Kier alpha value is -1.38. The predicted octanol–water partition coefficient (Wildman–Crippen LogP) is 1.65. The van der Waals surface area contributed by atoms with Gasteiger partial charge in [-0.1, -0.05) is 0 Å². The van der Waals surface area contributed by atoms with E-state index in [9.17, 15) is 0 Å². The molecule has 0 saturated heterocycles. The van der Waals surface area contributed by atoms with Crippen LogP contribution in [0.2, 0.25) is 0 Å². The van der Waals surface area contributed by atoms with Gasteiger partial charge in [0, 0.05) is 16.7 Å². The van der Waals surface area contributed by atoms with Crippen LogP contribution < -0.4 is 17.0 Å². The van der Waals surface area contributed by atoms with E-state index in [1.165, 1.54) is 11.8 Å². The summed E-state index contributed by atoms with van der Waals surface area (Å²) in [5.74, 6) is 5.91. The molecule has 88 valence electrons. The molecule has 17 heavy (non-hydrogen) atoms. The fraction of sp³-hybridized carbons (Fsp3) is 0. The van der Waals surface area contributed by atoms with Crippen LogP contribution in [-0.4, -0.2) is 15.0 Å². The largest absolute Gasteiger partial charge is 0.368 e. The first-order valence-corrected chi connectivity index (χ1v) is 6.19. The molecule has 5 N–H and O–H groups in total. The molecule has 0 unspecified atom stereocenters. The number of halogens is 1. The molecule has 2 aromatic heterocycles. The molecule has 0 aromatic carbocycles. The van der Waals surface area contributed by atoms with Crippen LogP contribution in [0.25, 0.3) is 0 Å². The molecule has 0 fully saturated rings. The van der Waals surface area contributed by atoms with Crippen molar-refractivity contribution in [3.05, 3.63) is 28.9 Å². The van der Waals surface area contributed by atoms with Gasteiger partial charge in [-0.3, -0.25) is 0 Å². The van der Waals surface area contributed by atoms with Crippen LogP contribution in [0.1, 0.15) is 0 Å². The second kappa shape index (κ2) is 5.30. The van der Waals surface area contributed by atoms with E-state index < -0.39 is 0 Å². The summed E-state index contributed by atoms with van der Waals surface area (Å²) in [5.41, 5.74) is 7.98. The van der Waals surface area contributed by atoms with Gasteiger partial charge in [-0.2, -0.15) is 4.98 Å². The molecule has 2 rings (SSSR count). The number of hydrogen-bond donors (Lipinski definition) is 3. The van der Waals surface area contributed by atoms with Crippen LogP contribution in [0.5, 0.6) is 0 Å². The van der Waals surface area contributed by atoms with E-state index in [-0.39, 0.29) is 5.95 Å². The number of aromatic nitrogens is 3. The van der Waals surface area contributed by atoms with Gasteiger partial charge < -0.3 is 11.2 Å². The highest BCUT2D eigenvalue weighted by Gasteiger charge is 2.04. The van der Waals surface area contributed by atoms with Gasteiger partial charge in [0.2, 0.25) is 5.95 Å². The van der Waals surface area contributed by atoms with Crippen LogP contribution in [0, 0.1) is 0 Å². The number of hydrazine groups is 1. The molecule has 2 heterocycles. The lowest BCUT2D eigenvalue weighted by Gasteiger charge is -2.04. The van der Waals surface area contributed by atoms with Crippen LogP contribution in [0.15, 0.2) is 38.9 Å². The van der Waals surface area contributed by atoms with Crippen molar-refractivity contribution in [1.82, 2.24) is 15.0 Å². The average Bonchev–Trinajstić information content (AvgIpc) is 2.31. The van der Waals surface area contributed by atoms with E-state index in [2.05, 4.69) is 36.3 Å². The molecule has 0 radical (unpaired) electrons. The number of hydrogen-bond acceptors (Lipinski definition) is 7. The minimum absolute atomic E-state index is 0.167. The molecule has 6 nitrogen and oxygen atoms in total. The molecule has 0 aliphatic carbocycles.